The van der Waals surface area contributed by atoms with Crippen molar-refractivity contribution in [2.24, 2.45) is 0 Å². The molecule has 1 N–H and O–H groups in total. The van der Waals surface area contributed by atoms with E-state index in [0.29, 0.717) is 5.56 Å². The summed E-state index contributed by atoms with van der Waals surface area (Å²) in [5.41, 5.74) is 1.52. The lowest BCUT2D eigenvalue weighted by Gasteiger charge is -2.13. The number of aromatic carboxylic acids is 1. The van der Waals surface area contributed by atoms with Crippen LogP contribution in [0.4, 0.5) is 5.69 Å². The smallest absolute Gasteiger partial charge is 0.261 e. The van der Waals surface area contributed by atoms with Crippen molar-refractivity contribution in [2.75, 3.05) is 4.72 Å². The van der Waals surface area contributed by atoms with Crippen molar-refractivity contribution in [1.82, 2.24) is 0 Å². The molecule has 22 heavy (non-hydrogen) atoms. The van der Waals surface area contributed by atoms with Crippen LogP contribution in [-0.2, 0) is 10.0 Å². The maximum Gasteiger partial charge on any atom is 0.261 e. The van der Waals surface area contributed by atoms with Gasteiger partial charge in [-0.05, 0) is 54.8 Å². The summed E-state index contributed by atoms with van der Waals surface area (Å²) in [6.45, 7) is 3.47. The number of sulfonamides is 1. The van der Waals surface area contributed by atoms with Crippen LogP contribution in [0.15, 0.2) is 45.8 Å². The first-order chi connectivity index (χ1) is 10.2. The van der Waals surface area contributed by atoms with Gasteiger partial charge >= 0.3 is 0 Å². The highest BCUT2D eigenvalue weighted by Gasteiger charge is 2.16. The first-order valence-electron chi connectivity index (χ1n) is 6.31. The third kappa shape index (κ3) is 3.48. The number of rotatable bonds is 4. The van der Waals surface area contributed by atoms with Gasteiger partial charge in [0, 0.05) is 4.47 Å². The van der Waals surface area contributed by atoms with Gasteiger partial charge in [0.2, 0.25) is 0 Å². The van der Waals surface area contributed by atoms with E-state index in [1.54, 1.807) is 19.9 Å². The number of hydrogen-bond donors (Lipinski definition) is 1. The van der Waals surface area contributed by atoms with E-state index in [2.05, 4.69) is 20.7 Å². The number of nitrogens with one attached hydrogen (secondary N) is 1. The molecule has 0 amide bonds. The number of anilines is 1. The van der Waals surface area contributed by atoms with Crippen LogP contribution < -0.4 is 9.83 Å². The number of carbonyl (C=O) groups excluding carboxylic acids is 1. The van der Waals surface area contributed by atoms with Crippen LogP contribution in [0.2, 0.25) is 0 Å². The standard InChI is InChI=1S/C15H14BrNO4S/c1-9-3-4-11(15(18)19)8-14(9)17-22(20,21)12-5-6-13(16)10(2)7-12/h3-8,17H,1-2H3,(H,18,19)/p-1. The molecule has 2 rings (SSSR count). The zero-order chi connectivity index (χ0) is 16.5. The molecule has 0 saturated carbocycles. The van der Waals surface area contributed by atoms with Crippen molar-refractivity contribution in [3.63, 3.8) is 0 Å². The summed E-state index contributed by atoms with van der Waals surface area (Å²) in [6.07, 6.45) is 0. The van der Waals surface area contributed by atoms with Crippen molar-refractivity contribution in [1.29, 1.82) is 0 Å². The van der Waals surface area contributed by atoms with Crippen LogP contribution in [0.5, 0.6) is 0 Å². The third-order valence-electron chi connectivity index (χ3n) is 3.16. The zero-order valence-corrected chi connectivity index (χ0v) is 14.3. The van der Waals surface area contributed by atoms with E-state index in [1.807, 2.05) is 0 Å². The van der Waals surface area contributed by atoms with Crippen molar-refractivity contribution in [2.45, 2.75) is 18.7 Å². The van der Waals surface area contributed by atoms with Crippen LogP contribution in [0.3, 0.4) is 0 Å². The largest absolute Gasteiger partial charge is 0.545 e. The molecule has 0 spiro atoms. The molecule has 0 radical (unpaired) electrons. The molecule has 7 heteroatoms. The van der Waals surface area contributed by atoms with Crippen LogP contribution >= 0.6 is 15.9 Å². The Morgan fingerprint density at radius 2 is 1.77 bits per heavy atom. The second kappa shape index (κ2) is 6.10. The van der Waals surface area contributed by atoms with Crippen molar-refractivity contribution in [3.05, 3.63) is 57.6 Å². The summed E-state index contributed by atoms with van der Waals surface area (Å²) in [4.78, 5) is 11.0. The van der Waals surface area contributed by atoms with Crippen molar-refractivity contribution < 1.29 is 18.3 Å². The van der Waals surface area contributed by atoms with Crippen LogP contribution in [0.1, 0.15) is 21.5 Å². The number of benzene rings is 2. The number of carbonyl (C=O) groups is 1. The fourth-order valence-electron chi connectivity index (χ4n) is 1.85. The second-order valence-corrected chi connectivity index (χ2v) is 7.37. The summed E-state index contributed by atoms with van der Waals surface area (Å²) in [7, 11) is -3.80. The van der Waals surface area contributed by atoms with Gasteiger partial charge in [-0.15, -0.1) is 0 Å². The van der Waals surface area contributed by atoms with E-state index in [1.165, 1.54) is 30.3 Å². The Bertz CT molecular complexity index is 847. The summed E-state index contributed by atoms with van der Waals surface area (Å²) in [6, 6.07) is 8.78. The van der Waals surface area contributed by atoms with Crippen LogP contribution in [-0.4, -0.2) is 14.4 Å². The van der Waals surface area contributed by atoms with Gasteiger partial charge in [-0.3, -0.25) is 4.72 Å². The number of carboxylic acids is 1. The van der Waals surface area contributed by atoms with Crippen molar-refractivity contribution >= 4 is 37.6 Å². The van der Waals surface area contributed by atoms with Gasteiger partial charge in [-0.2, -0.15) is 0 Å². The zero-order valence-electron chi connectivity index (χ0n) is 11.9. The maximum absolute atomic E-state index is 12.4. The number of carboxylic acid groups (broad SMARTS) is 1. The summed E-state index contributed by atoms with van der Waals surface area (Å²) < 4.78 is 28.0. The topological polar surface area (TPSA) is 86.3 Å². The molecule has 0 aromatic heterocycles. The molecule has 0 aliphatic rings. The highest BCUT2D eigenvalue weighted by atomic mass is 79.9. The average Bonchev–Trinajstić information content (AvgIpc) is 2.43. The molecule has 0 bridgehead atoms. The van der Waals surface area contributed by atoms with Gasteiger partial charge in [0.05, 0.1) is 16.6 Å². The van der Waals surface area contributed by atoms with E-state index in [9.17, 15) is 18.3 Å². The molecule has 0 fully saturated rings. The van der Waals surface area contributed by atoms with E-state index in [4.69, 9.17) is 0 Å². The lowest BCUT2D eigenvalue weighted by atomic mass is 10.1. The lowest BCUT2D eigenvalue weighted by molar-refractivity contribution is -0.255. The average molecular weight is 383 g/mol. The molecular formula is C15H13BrNO4S-. The highest BCUT2D eigenvalue weighted by molar-refractivity contribution is 9.10. The number of aryl methyl sites for hydroxylation is 2. The van der Waals surface area contributed by atoms with Gasteiger partial charge in [0.15, 0.2) is 0 Å². The van der Waals surface area contributed by atoms with Gasteiger partial charge in [-0.1, -0.05) is 28.1 Å². The minimum atomic E-state index is -3.80. The summed E-state index contributed by atoms with van der Waals surface area (Å²) in [5.74, 6) is -1.36. The molecule has 116 valence electrons. The van der Waals surface area contributed by atoms with Crippen LogP contribution in [0, 0.1) is 13.8 Å². The summed E-state index contributed by atoms with van der Waals surface area (Å²) in [5, 5.41) is 10.9. The molecule has 0 aliphatic carbocycles. The Morgan fingerprint density at radius 1 is 1.09 bits per heavy atom. The highest BCUT2D eigenvalue weighted by Crippen LogP contribution is 2.24. The number of halogens is 1. The molecule has 0 unspecified atom stereocenters. The quantitative estimate of drug-likeness (QED) is 0.877. The Morgan fingerprint density at radius 3 is 2.36 bits per heavy atom. The molecule has 5 nitrogen and oxygen atoms in total. The minimum Gasteiger partial charge on any atom is -0.545 e. The molecule has 2 aromatic carbocycles. The molecule has 2 aromatic rings. The van der Waals surface area contributed by atoms with Gasteiger partial charge in [-0.25, -0.2) is 8.42 Å². The predicted molar refractivity (Wildman–Crippen MR) is 85.2 cm³/mol. The first kappa shape index (κ1) is 16.5. The molecular weight excluding hydrogens is 370 g/mol. The molecule has 0 atom stereocenters. The van der Waals surface area contributed by atoms with Crippen LogP contribution in [0.25, 0.3) is 0 Å². The molecule has 0 saturated heterocycles. The fraction of sp³-hybridized carbons (Fsp3) is 0.133. The molecule has 0 heterocycles. The Labute approximate surface area is 137 Å². The second-order valence-electron chi connectivity index (χ2n) is 4.83. The van der Waals surface area contributed by atoms with Gasteiger partial charge < -0.3 is 9.90 Å². The maximum atomic E-state index is 12.4. The molecule has 0 aliphatic heterocycles. The minimum absolute atomic E-state index is 0.0877. The lowest BCUT2D eigenvalue weighted by Crippen LogP contribution is -2.22. The SMILES string of the molecule is Cc1cc(S(=O)(=O)Nc2cc(C(=O)[O-])ccc2C)ccc1Br. The van der Waals surface area contributed by atoms with Crippen molar-refractivity contribution in [3.8, 4) is 0 Å². The third-order valence-corrected chi connectivity index (χ3v) is 5.41. The normalized spacial score (nSPS) is 11.2. The predicted octanol–water partition coefficient (Wildman–Crippen LogP) is 2.23. The fourth-order valence-corrected chi connectivity index (χ4v) is 3.30. The van der Waals surface area contributed by atoms with E-state index in [0.717, 1.165) is 10.0 Å². The van der Waals surface area contributed by atoms with Gasteiger partial charge in [0.25, 0.3) is 10.0 Å². The Balaban J connectivity index is 2.42. The Kier molecular flexibility index (Phi) is 4.58. The van der Waals surface area contributed by atoms with Gasteiger partial charge in [0.1, 0.15) is 0 Å². The van der Waals surface area contributed by atoms with E-state index >= 15 is 0 Å². The monoisotopic (exact) mass is 382 g/mol. The van der Waals surface area contributed by atoms with E-state index in [-0.39, 0.29) is 16.1 Å². The summed E-state index contributed by atoms with van der Waals surface area (Å²) >= 11 is 3.31. The van der Waals surface area contributed by atoms with E-state index < -0.39 is 16.0 Å². The first-order valence-corrected chi connectivity index (χ1v) is 8.59. The Hall–Kier alpha value is -1.86. The number of hydrogen-bond acceptors (Lipinski definition) is 4.